The first-order valence-corrected chi connectivity index (χ1v) is 13.4. The number of ether oxygens (including phenoxy) is 2. The molecule has 11 heteroatoms. The Balaban J connectivity index is 0.000000172. The number of aromatic amines is 1. The minimum absolute atomic E-state index is 0. The summed E-state index contributed by atoms with van der Waals surface area (Å²) in [6.07, 6.45) is 8.30. The van der Waals surface area contributed by atoms with Gasteiger partial charge < -0.3 is 29.1 Å². The predicted octanol–water partition coefficient (Wildman–Crippen LogP) is 6.50. The molecule has 0 unspecified atom stereocenters. The maximum absolute atomic E-state index is 11.7. The summed E-state index contributed by atoms with van der Waals surface area (Å²) in [6, 6.07) is 12.0. The van der Waals surface area contributed by atoms with Gasteiger partial charge in [0.25, 0.3) is 0 Å². The highest BCUT2D eigenvalue weighted by Crippen LogP contribution is 2.39. The van der Waals surface area contributed by atoms with Gasteiger partial charge in [0.1, 0.15) is 0 Å². The second kappa shape index (κ2) is 13.0. The third-order valence-corrected chi connectivity index (χ3v) is 7.15. The van der Waals surface area contributed by atoms with Gasteiger partial charge in [-0.3, -0.25) is 0 Å². The molecule has 2 aromatic heterocycles. The summed E-state index contributed by atoms with van der Waals surface area (Å²) in [5.41, 5.74) is 3.21. The number of carbonyl (C=O) groups is 2. The van der Waals surface area contributed by atoms with Gasteiger partial charge in [-0.05, 0) is 55.1 Å². The van der Waals surface area contributed by atoms with Gasteiger partial charge in [0.05, 0.1) is 30.9 Å². The van der Waals surface area contributed by atoms with E-state index in [1.807, 2.05) is 24.3 Å². The Hall–Kier alpha value is -2.60. The van der Waals surface area contributed by atoms with Gasteiger partial charge in [0.2, 0.25) is 0 Å². The van der Waals surface area contributed by atoms with Crippen LogP contribution in [0.5, 0.6) is 0 Å². The van der Waals surface area contributed by atoms with E-state index in [2.05, 4.69) is 53.7 Å². The number of nitrogens with zero attached hydrogens (tertiary/aromatic N) is 1. The minimum atomic E-state index is -1.04. The molecule has 2 aromatic carbocycles. The van der Waals surface area contributed by atoms with Crippen molar-refractivity contribution in [1.82, 2.24) is 9.55 Å². The smallest absolute Gasteiger partial charge is 0.454 e. The van der Waals surface area contributed by atoms with Gasteiger partial charge in [-0.2, -0.15) is 0 Å². The number of hydrogen-bond acceptors (Lipinski definition) is 6. The second-order valence-electron chi connectivity index (χ2n) is 8.97. The molecule has 6 rings (SSSR count). The van der Waals surface area contributed by atoms with Gasteiger partial charge >= 0.3 is 19.1 Å². The van der Waals surface area contributed by atoms with Crippen molar-refractivity contribution in [2.45, 2.75) is 45.0 Å². The van der Waals surface area contributed by atoms with Crippen LogP contribution in [0, 0.1) is 0 Å². The molecule has 202 valence electrons. The van der Waals surface area contributed by atoms with Gasteiger partial charge in [0.15, 0.2) is 0 Å². The van der Waals surface area contributed by atoms with Crippen molar-refractivity contribution >= 4 is 72.7 Å². The van der Waals surface area contributed by atoms with Crippen molar-refractivity contribution in [2.75, 3.05) is 14.2 Å². The number of benzene rings is 2. The second-order valence-corrected chi connectivity index (χ2v) is 10.8. The Morgan fingerprint density at radius 1 is 0.921 bits per heavy atom. The maximum Gasteiger partial charge on any atom is 0.454 e. The summed E-state index contributed by atoms with van der Waals surface area (Å²) in [6.45, 7) is 0. The van der Waals surface area contributed by atoms with Crippen molar-refractivity contribution in [2.24, 2.45) is 0 Å². The molecule has 2 fully saturated rings. The van der Waals surface area contributed by atoms with Crippen LogP contribution >= 0.6 is 31.9 Å². The number of rotatable bonds is 4. The lowest BCUT2D eigenvalue weighted by molar-refractivity contribution is 0.0594. The zero-order chi connectivity index (χ0) is 26.7. The molecule has 2 aliphatic rings. The van der Waals surface area contributed by atoms with Crippen LogP contribution in [-0.2, 0) is 9.47 Å². The third-order valence-electron chi connectivity index (χ3n) is 6.23. The van der Waals surface area contributed by atoms with E-state index in [9.17, 15) is 9.59 Å². The molecule has 3 N–H and O–H groups in total. The highest BCUT2D eigenvalue weighted by molar-refractivity contribution is 9.10. The number of carbonyl (C=O) groups excluding carboxylic acids is 2. The van der Waals surface area contributed by atoms with Crippen LogP contribution in [0.3, 0.4) is 0 Å². The van der Waals surface area contributed by atoms with E-state index in [4.69, 9.17) is 19.5 Å². The monoisotopic (exact) mass is 648 g/mol. The fourth-order valence-corrected chi connectivity index (χ4v) is 4.89. The summed E-state index contributed by atoms with van der Waals surface area (Å²) < 4.78 is 13.5. The first-order chi connectivity index (χ1) is 17.7. The molecule has 0 bridgehead atoms. The van der Waals surface area contributed by atoms with E-state index in [1.165, 1.54) is 27.1 Å². The molecule has 0 saturated heterocycles. The fourth-order valence-electron chi connectivity index (χ4n) is 3.98. The Labute approximate surface area is 238 Å². The van der Waals surface area contributed by atoms with Crippen molar-refractivity contribution in [3.05, 3.63) is 68.9 Å². The molecular formula is C27H31BBr2N2O6. The van der Waals surface area contributed by atoms with Crippen molar-refractivity contribution in [3.8, 4) is 0 Å². The van der Waals surface area contributed by atoms with Crippen LogP contribution in [0.4, 0.5) is 0 Å². The lowest BCUT2D eigenvalue weighted by Crippen LogP contribution is -2.09. The molecule has 2 aliphatic carbocycles. The average Bonchev–Trinajstić information content (AvgIpc) is 3.82. The molecule has 0 radical (unpaired) electrons. The number of esters is 2. The van der Waals surface area contributed by atoms with Gasteiger partial charge in [0, 0.05) is 43.7 Å². The lowest BCUT2D eigenvalue weighted by atomic mass is 9.84. The lowest BCUT2D eigenvalue weighted by Gasteiger charge is -2.06. The van der Waals surface area contributed by atoms with Gasteiger partial charge in [-0.15, -0.1) is 0 Å². The quantitative estimate of drug-likeness (QED) is 0.172. The highest BCUT2D eigenvalue weighted by Gasteiger charge is 2.33. The van der Waals surface area contributed by atoms with Crippen LogP contribution in [0.15, 0.2) is 57.7 Å². The first-order valence-electron chi connectivity index (χ1n) is 11.8. The van der Waals surface area contributed by atoms with Crippen LogP contribution in [0.1, 0.15) is 59.9 Å². The predicted molar refractivity (Wildman–Crippen MR) is 156 cm³/mol. The normalized spacial score (nSPS) is 13.9. The Bertz CT molecular complexity index is 1430. The molecule has 8 nitrogen and oxygen atoms in total. The van der Waals surface area contributed by atoms with Gasteiger partial charge in [-0.1, -0.05) is 52.1 Å². The average molecular weight is 650 g/mol. The van der Waals surface area contributed by atoms with Gasteiger partial charge in [-0.25, -0.2) is 9.59 Å². The number of nitrogens with one attached hydrogen (secondary N) is 1. The molecule has 0 amide bonds. The molecule has 0 atom stereocenters. The van der Waals surface area contributed by atoms with Crippen LogP contribution < -0.4 is 0 Å². The molecule has 2 heterocycles. The zero-order valence-electron chi connectivity index (χ0n) is 20.4. The minimum Gasteiger partial charge on any atom is -0.465 e. The molecule has 38 heavy (non-hydrogen) atoms. The van der Waals surface area contributed by atoms with Crippen molar-refractivity contribution < 1.29 is 29.1 Å². The first kappa shape index (κ1) is 30.0. The summed E-state index contributed by atoms with van der Waals surface area (Å²) in [7, 11) is 1.75. The number of methoxy groups -OCH3 is 2. The van der Waals surface area contributed by atoms with E-state index in [1.54, 1.807) is 12.3 Å². The Kier molecular flexibility index (Phi) is 10.2. The number of halogens is 2. The van der Waals surface area contributed by atoms with Crippen LogP contribution in [0.2, 0.25) is 5.82 Å². The van der Waals surface area contributed by atoms with E-state index in [0.29, 0.717) is 17.2 Å². The van der Waals surface area contributed by atoms with Crippen LogP contribution in [0.25, 0.3) is 21.8 Å². The van der Waals surface area contributed by atoms with Crippen LogP contribution in [-0.4, -0.2) is 52.9 Å². The highest BCUT2D eigenvalue weighted by atomic mass is 79.9. The number of H-pyrrole nitrogens is 1. The summed E-state index contributed by atoms with van der Waals surface area (Å²) in [5, 5.41) is 18.3. The standard InChI is InChI=1S/C13H12BrNO2.C10H8BrNO2.C3H7BO2.CH4/c1-17-13(16)11-6-8(14)7-12-10(11)4-5-15(12)9-2-3-9;1-14-10(13)8-4-6(11)5-9-7(8)2-3-12-9;5-4(6)3-1-2-3;/h4-7,9H,2-3H2,1H3;2-5,12H,1H3;3,5-6H,1-2H2;1H4. The summed E-state index contributed by atoms with van der Waals surface area (Å²) >= 11 is 6.79. The number of aromatic nitrogens is 2. The molecule has 0 aliphatic heterocycles. The number of fused-ring (bicyclic) bond motifs is 2. The van der Waals surface area contributed by atoms with E-state index in [0.717, 1.165) is 43.6 Å². The third kappa shape index (κ3) is 7.08. The maximum atomic E-state index is 11.7. The Morgan fingerprint density at radius 2 is 1.50 bits per heavy atom. The Morgan fingerprint density at radius 3 is 2.00 bits per heavy atom. The van der Waals surface area contributed by atoms with E-state index >= 15 is 0 Å². The fraction of sp³-hybridized carbons (Fsp3) is 0.333. The summed E-state index contributed by atoms with van der Waals surface area (Å²) in [5.74, 6) is -0.397. The topological polar surface area (TPSA) is 114 Å². The van der Waals surface area contributed by atoms with Crippen molar-refractivity contribution in [1.29, 1.82) is 0 Å². The largest absolute Gasteiger partial charge is 0.465 e. The molecule has 0 spiro atoms. The SMILES string of the molecule is C.COC(=O)c1cc(Br)cc2[nH]ccc12.COC(=O)c1cc(Br)cc2c1ccn2C1CC1.OB(O)C1CC1. The summed E-state index contributed by atoms with van der Waals surface area (Å²) in [4.78, 5) is 26.2. The molecule has 4 aromatic rings. The van der Waals surface area contributed by atoms with Crippen molar-refractivity contribution in [3.63, 3.8) is 0 Å². The molecular weight excluding hydrogens is 619 g/mol. The zero-order valence-corrected chi connectivity index (χ0v) is 23.6. The van der Waals surface area contributed by atoms with E-state index in [-0.39, 0.29) is 25.2 Å². The number of hydrogen-bond donors (Lipinski definition) is 3. The van der Waals surface area contributed by atoms with E-state index < -0.39 is 7.12 Å². The molecule has 2 saturated carbocycles.